The predicted molar refractivity (Wildman–Crippen MR) is 102 cm³/mol. The molecular formula is C20H20N4O3S. The molecule has 1 saturated carbocycles. The number of pyridine rings is 1. The molecule has 28 heavy (non-hydrogen) atoms. The third kappa shape index (κ3) is 3.28. The Labute approximate surface area is 164 Å². The van der Waals surface area contributed by atoms with E-state index in [-0.39, 0.29) is 29.3 Å². The van der Waals surface area contributed by atoms with Crippen molar-refractivity contribution in [2.45, 2.75) is 23.2 Å². The lowest BCUT2D eigenvalue weighted by molar-refractivity contribution is 0.0698. The minimum Gasteiger partial charge on any atom is -0.336 e. The van der Waals surface area contributed by atoms with Crippen molar-refractivity contribution in [2.24, 2.45) is 0 Å². The van der Waals surface area contributed by atoms with E-state index in [0.717, 1.165) is 18.4 Å². The Morgan fingerprint density at radius 1 is 1.07 bits per heavy atom. The molecule has 0 atom stereocenters. The summed E-state index contributed by atoms with van der Waals surface area (Å²) in [5.74, 6) is -0.119. The van der Waals surface area contributed by atoms with Gasteiger partial charge in [-0.25, -0.2) is 8.42 Å². The van der Waals surface area contributed by atoms with E-state index in [2.05, 4.69) is 11.1 Å². The maximum Gasteiger partial charge on any atom is 0.253 e. The fourth-order valence-corrected chi connectivity index (χ4v) is 4.87. The highest BCUT2D eigenvalue weighted by Gasteiger charge is 2.44. The summed E-state index contributed by atoms with van der Waals surface area (Å²) in [5.41, 5.74) is 1.15. The van der Waals surface area contributed by atoms with Crippen LogP contribution in [0.25, 0.3) is 0 Å². The number of carbonyl (C=O) groups is 1. The number of amides is 1. The Balaban J connectivity index is 1.41. The molecule has 144 valence electrons. The molecule has 0 unspecified atom stereocenters. The van der Waals surface area contributed by atoms with Gasteiger partial charge in [0.2, 0.25) is 10.0 Å². The molecule has 2 heterocycles. The van der Waals surface area contributed by atoms with Crippen LogP contribution in [-0.4, -0.2) is 54.7 Å². The van der Waals surface area contributed by atoms with Crippen molar-refractivity contribution < 1.29 is 13.2 Å². The summed E-state index contributed by atoms with van der Waals surface area (Å²) >= 11 is 0. The molecular weight excluding hydrogens is 376 g/mol. The van der Waals surface area contributed by atoms with Crippen LogP contribution in [0.1, 0.15) is 28.8 Å². The molecule has 1 aromatic heterocycles. The largest absolute Gasteiger partial charge is 0.336 e. The Morgan fingerprint density at radius 2 is 1.75 bits per heavy atom. The lowest BCUT2D eigenvalue weighted by Gasteiger charge is -2.34. The molecule has 1 amide bonds. The summed E-state index contributed by atoms with van der Waals surface area (Å²) in [5, 5.41) is 9.28. The number of carbonyl (C=O) groups excluding carboxylic acids is 1. The van der Waals surface area contributed by atoms with E-state index >= 15 is 0 Å². The molecule has 7 nitrogen and oxygen atoms in total. The van der Waals surface area contributed by atoms with E-state index in [9.17, 15) is 18.5 Å². The maximum atomic E-state index is 12.8. The number of piperazine rings is 1. The molecule has 1 saturated heterocycles. The molecule has 2 aromatic rings. The second-order valence-corrected chi connectivity index (χ2v) is 9.09. The van der Waals surface area contributed by atoms with Crippen LogP contribution < -0.4 is 0 Å². The van der Waals surface area contributed by atoms with Gasteiger partial charge in [0.1, 0.15) is 4.90 Å². The van der Waals surface area contributed by atoms with Crippen LogP contribution in [0.5, 0.6) is 0 Å². The number of aromatic nitrogens is 1. The molecule has 0 spiro atoms. The molecule has 0 radical (unpaired) electrons. The molecule has 4 rings (SSSR count). The van der Waals surface area contributed by atoms with Crippen LogP contribution in [0.3, 0.4) is 0 Å². The first kappa shape index (κ1) is 18.6. The van der Waals surface area contributed by atoms with Gasteiger partial charge < -0.3 is 4.90 Å². The van der Waals surface area contributed by atoms with Crippen molar-refractivity contribution in [3.8, 4) is 6.07 Å². The average molecular weight is 396 g/mol. The quantitative estimate of drug-likeness (QED) is 0.785. The van der Waals surface area contributed by atoms with E-state index < -0.39 is 10.0 Å². The first-order chi connectivity index (χ1) is 13.5. The van der Waals surface area contributed by atoms with Crippen LogP contribution >= 0.6 is 0 Å². The number of sulfonamides is 1. The molecule has 1 aliphatic carbocycles. The lowest BCUT2D eigenvalue weighted by Crippen LogP contribution is -2.50. The van der Waals surface area contributed by atoms with Crippen LogP contribution in [0.4, 0.5) is 0 Å². The Hall–Kier alpha value is -2.76. The van der Waals surface area contributed by atoms with E-state index in [4.69, 9.17) is 0 Å². The van der Waals surface area contributed by atoms with Crippen LogP contribution in [0.2, 0.25) is 0 Å². The molecule has 8 heteroatoms. The van der Waals surface area contributed by atoms with Crippen molar-refractivity contribution in [1.82, 2.24) is 14.2 Å². The Morgan fingerprint density at radius 3 is 2.29 bits per heavy atom. The van der Waals surface area contributed by atoms with Gasteiger partial charge in [-0.2, -0.15) is 9.57 Å². The minimum absolute atomic E-state index is 0.119. The van der Waals surface area contributed by atoms with Crippen LogP contribution in [0.15, 0.2) is 53.7 Å². The molecule has 0 N–H and O–H groups in total. The second kappa shape index (κ2) is 7.00. The first-order valence-electron chi connectivity index (χ1n) is 9.18. The number of rotatable bonds is 4. The standard InChI is InChI=1S/C20H20N4O3S/c21-15-20(7-8-20)17-5-3-16(4-6-17)19(25)23-10-12-24(13-11-23)28(26,27)18-2-1-9-22-14-18/h1-6,9,14H,7-8,10-13H2. The molecule has 0 bridgehead atoms. The summed E-state index contributed by atoms with van der Waals surface area (Å²) in [6.45, 7) is 1.17. The van der Waals surface area contributed by atoms with Gasteiger partial charge in [-0.05, 0) is 42.7 Å². The summed E-state index contributed by atoms with van der Waals surface area (Å²) in [6.07, 6.45) is 4.60. The third-order valence-electron chi connectivity index (χ3n) is 5.45. The third-order valence-corrected chi connectivity index (χ3v) is 7.33. The molecule has 1 aromatic carbocycles. The van der Waals surface area contributed by atoms with Crippen molar-refractivity contribution in [2.75, 3.05) is 26.2 Å². The van der Waals surface area contributed by atoms with Gasteiger partial charge in [-0.3, -0.25) is 9.78 Å². The normalized spacial score (nSPS) is 19.0. The van der Waals surface area contributed by atoms with Crippen molar-refractivity contribution in [1.29, 1.82) is 5.26 Å². The molecule has 1 aliphatic heterocycles. The van der Waals surface area contributed by atoms with E-state index in [1.807, 2.05) is 12.1 Å². The Bertz CT molecular complexity index is 1020. The summed E-state index contributed by atoms with van der Waals surface area (Å²) in [4.78, 5) is 18.5. The van der Waals surface area contributed by atoms with Crippen molar-refractivity contribution in [3.05, 3.63) is 59.9 Å². The van der Waals surface area contributed by atoms with Crippen LogP contribution in [0, 0.1) is 11.3 Å². The molecule has 2 aliphatic rings. The highest BCUT2D eigenvalue weighted by atomic mass is 32.2. The van der Waals surface area contributed by atoms with Crippen molar-refractivity contribution in [3.63, 3.8) is 0 Å². The summed E-state index contributed by atoms with van der Waals surface area (Å²) < 4.78 is 26.7. The van der Waals surface area contributed by atoms with E-state index in [0.29, 0.717) is 18.7 Å². The summed E-state index contributed by atoms with van der Waals surface area (Å²) in [7, 11) is -3.59. The van der Waals surface area contributed by atoms with Gasteiger partial charge in [0.05, 0.1) is 11.5 Å². The zero-order valence-corrected chi connectivity index (χ0v) is 16.1. The highest BCUT2D eigenvalue weighted by molar-refractivity contribution is 7.89. The lowest BCUT2D eigenvalue weighted by atomic mass is 9.96. The van der Waals surface area contributed by atoms with Gasteiger partial charge in [0.25, 0.3) is 5.91 Å². The van der Waals surface area contributed by atoms with Gasteiger partial charge in [0.15, 0.2) is 0 Å². The molecule has 2 fully saturated rings. The van der Waals surface area contributed by atoms with Gasteiger partial charge in [0, 0.05) is 44.1 Å². The number of benzene rings is 1. The van der Waals surface area contributed by atoms with Crippen LogP contribution in [-0.2, 0) is 15.4 Å². The topological polar surface area (TPSA) is 94.4 Å². The monoisotopic (exact) mass is 396 g/mol. The zero-order chi connectivity index (χ0) is 19.8. The Kier molecular flexibility index (Phi) is 4.65. The van der Waals surface area contributed by atoms with Gasteiger partial charge in [-0.15, -0.1) is 0 Å². The van der Waals surface area contributed by atoms with E-state index in [1.165, 1.54) is 22.8 Å². The number of nitriles is 1. The average Bonchev–Trinajstić information content (AvgIpc) is 3.55. The smallest absolute Gasteiger partial charge is 0.253 e. The highest BCUT2D eigenvalue weighted by Crippen LogP contribution is 2.47. The second-order valence-electron chi connectivity index (χ2n) is 7.16. The predicted octanol–water partition coefficient (Wildman–Crippen LogP) is 1.78. The van der Waals surface area contributed by atoms with Gasteiger partial charge in [-0.1, -0.05) is 12.1 Å². The fraction of sp³-hybridized carbons (Fsp3) is 0.350. The zero-order valence-electron chi connectivity index (χ0n) is 15.3. The number of hydrogen-bond donors (Lipinski definition) is 0. The van der Waals surface area contributed by atoms with Crippen molar-refractivity contribution >= 4 is 15.9 Å². The minimum atomic E-state index is -3.59. The number of nitrogens with zero attached hydrogens (tertiary/aromatic N) is 4. The van der Waals surface area contributed by atoms with Gasteiger partial charge >= 0.3 is 0 Å². The first-order valence-corrected chi connectivity index (χ1v) is 10.6. The number of hydrogen-bond acceptors (Lipinski definition) is 5. The SMILES string of the molecule is N#CC1(c2ccc(C(=O)N3CCN(S(=O)(=O)c4cccnc4)CC3)cc2)CC1. The summed E-state index contributed by atoms with van der Waals surface area (Å²) in [6, 6.07) is 12.7. The fourth-order valence-electron chi connectivity index (χ4n) is 3.48. The maximum absolute atomic E-state index is 12.8. The van der Waals surface area contributed by atoms with E-state index in [1.54, 1.807) is 23.1 Å².